The predicted molar refractivity (Wildman–Crippen MR) is 47.6 cm³/mol. The van der Waals surface area contributed by atoms with Gasteiger partial charge in [-0.25, -0.2) is 0 Å². The first kappa shape index (κ1) is 9.53. The van der Waals surface area contributed by atoms with E-state index >= 15 is 0 Å². The normalized spacial score (nSPS) is 21.0. The average molecular weight is 164 g/mol. The molecule has 0 fully saturated rings. The monoisotopic (exact) mass is 164 g/mol. The smallest absolute Gasteiger partial charge is 0.201 e. The first-order valence-electron chi connectivity index (χ1n) is 3.30. The third-order valence-electron chi connectivity index (χ3n) is 2.05. The molecule has 0 spiro atoms. The highest BCUT2D eigenvalue weighted by atomic mass is 32.1. The summed E-state index contributed by atoms with van der Waals surface area (Å²) in [6.07, 6.45) is 0. The lowest BCUT2D eigenvalue weighted by Gasteiger charge is -2.26. The Kier molecular flexibility index (Phi) is 3.85. The van der Waals surface area contributed by atoms with E-state index in [1.54, 1.807) is 7.11 Å². The highest BCUT2D eigenvalue weighted by Gasteiger charge is 2.29. The van der Waals surface area contributed by atoms with Gasteiger partial charge in [0.25, 0.3) is 0 Å². The maximum absolute atomic E-state index is 5.41. The molecule has 1 nitrogen and oxygen atoms in total. The lowest BCUT2D eigenvalue weighted by atomic mass is 10.9. The van der Waals surface area contributed by atoms with Crippen LogP contribution < -0.4 is 0 Å². The molecule has 0 aromatic heterocycles. The van der Waals surface area contributed by atoms with Crippen LogP contribution in [-0.2, 0) is 4.43 Å². The van der Waals surface area contributed by atoms with E-state index in [2.05, 4.69) is 33.0 Å². The summed E-state index contributed by atoms with van der Waals surface area (Å²) in [7, 11) is 0.384. The molecule has 0 saturated heterocycles. The Morgan fingerprint density at radius 3 is 2.11 bits per heavy atom. The van der Waals surface area contributed by atoms with E-state index < -0.39 is 8.32 Å². The Morgan fingerprint density at radius 1 is 1.67 bits per heavy atom. The standard InChI is InChI=1S/C6H16OSSi/c1-5-9(4,7-3)6(2)8/h6,8H,5H2,1-4H3. The number of hydrogen-bond acceptors (Lipinski definition) is 2. The first-order chi connectivity index (χ1) is 4.06. The van der Waals surface area contributed by atoms with E-state index in [1.165, 1.54) is 0 Å². The average Bonchev–Trinajstić information content (AvgIpc) is 1.86. The van der Waals surface area contributed by atoms with Gasteiger partial charge < -0.3 is 4.43 Å². The van der Waals surface area contributed by atoms with Crippen LogP contribution in [0.2, 0.25) is 12.6 Å². The van der Waals surface area contributed by atoms with Crippen molar-refractivity contribution in [3.05, 3.63) is 0 Å². The number of thiol groups is 1. The molecule has 0 bridgehead atoms. The molecular formula is C6H16OSSi. The molecule has 0 N–H and O–H groups in total. The fourth-order valence-electron chi connectivity index (χ4n) is 0.610. The van der Waals surface area contributed by atoms with E-state index in [0.29, 0.717) is 4.87 Å². The molecule has 56 valence electrons. The molecule has 0 radical (unpaired) electrons. The summed E-state index contributed by atoms with van der Waals surface area (Å²) >= 11 is 4.38. The third-order valence-corrected chi connectivity index (χ3v) is 7.79. The molecule has 2 unspecified atom stereocenters. The lowest BCUT2D eigenvalue weighted by molar-refractivity contribution is 0.397. The minimum atomic E-state index is -1.41. The van der Waals surface area contributed by atoms with Gasteiger partial charge in [-0.05, 0) is 12.6 Å². The van der Waals surface area contributed by atoms with E-state index in [1.807, 2.05) is 0 Å². The Morgan fingerprint density at radius 2 is 2.11 bits per heavy atom. The first-order valence-corrected chi connectivity index (χ1v) is 6.51. The van der Waals surface area contributed by atoms with Crippen LogP contribution >= 0.6 is 12.6 Å². The second-order valence-corrected chi connectivity index (χ2v) is 8.41. The van der Waals surface area contributed by atoms with Crippen molar-refractivity contribution in [2.75, 3.05) is 7.11 Å². The van der Waals surface area contributed by atoms with Crippen LogP contribution in [0.25, 0.3) is 0 Å². The van der Waals surface area contributed by atoms with Crippen LogP contribution in [0.15, 0.2) is 0 Å². The van der Waals surface area contributed by atoms with Crippen molar-refractivity contribution in [2.45, 2.75) is 31.3 Å². The maximum atomic E-state index is 5.41. The van der Waals surface area contributed by atoms with Crippen molar-refractivity contribution in [3.8, 4) is 0 Å². The van der Waals surface area contributed by atoms with Crippen LogP contribution in [-0.4, -0.2) is 20.3 Å². The molecule has 0 aliphatic carbocycles. The van der Waals surface area contributed by atoms with Crippen LogP contribution in [0, 0.1) is 0 Å². The van der Waals surface area contributed by atoms with E-state index in [-0.39, 0.29) is 0 Å². The predicted octanol–water partition coefficient (Wildman–Crippen LogP) is 2.09. The molecule has 0 aromatic rings. The SMILES string of the molecule is CC[Si](C)(OC)C(C)S. The van der Waals surface area contributed by atoms with Crippen molar-refractivity contribution >= 4 is 20.9 Å². The second-order valence-electron chi connectivity index (χ2n) is 2.55. The fraction of sp³-hybridized carbons (Fsp3) is 1.00. The van der Waals surface area contributed by atoms with Crippen molar-refractivity contribution in [1.82, 2.24) is 0 Å². The largest absolute Gasteiger partial charge is 0.419 e. The van der Waals surface area contributed by atoms with Gasteiger partial charge in [0.15, 0.2) is 0 Å². The van der Waals surface area contributed by atoms with E-state index in [4.69, 9.17) is 4.43 Å². The summed E-state index contributed by atoms with van der Waals surface area (Å²) in [6.45, 7) is 6.50. The van der Waals surface area contributed by atoms with Crippen LogP contribution in [0.4, 0.5) is 0 Å². The molecular weight excluding hydrogens is 148 g/mol. The Balaban J connectivity index is 3.92. The van der Waals surface area contributed by atoms with Gasteiger partial charge in [0.1, 0.15) is 0 Å². The molecule has 2 atom stereocenters. The molecule has 0 aromatic carbocycles. The summed E-state index contributed by atoms with van der Waals surface area (Å²) < 4.78 is 5.41. The van der Waals surface area contributed by atoms with Gasteiger partial charge >= 0.3 is 0 Å². The van der Waals surface area contributed by atoms with Crippen molar-refractivity contribution in [2.24, 2.45) is 0 Å². The highest BCUT2D eigenvalue weighted by molar-refractivity contribution is 7.83. The summed E-state index contributed by atoms with van der Waals surface area (Å²) in [4.78, 5) is 0.437. The molecule has 9 heavy (non-hydrogen) atoms. The third kappa shape index (κ3) is 2.31. The quantitative estimate of drug-likeness (QED) is 0.496. The Bertz CT molecular complexity index is 81.1. The van der Waals surface area contributed by atoms with Crippen LogP contribution in [0.3, 0.4) is 0 Å². The zero-order valence-corrected chi connectivity index (χ0v) is 8.53. The second kappa shape index (κ2) is 3.64. The van der Waals surface area contributed by atoms with Gasteiger partial charge in [-0.3, -0.25) is 0 Å². The molecule has 0 saturated carbocycles. The number of rotatable bonds is 3. The molecule has 0 amide bonds. The molecule has 0 rings (SSSR count). The Labute approximate surface area is 64.3 Å². The van der Waals surface area contributed by atoms with Gasteiger partial charge in [0.2, 0.25) is 8.32 Å². The zero-order valence-electron chi connectivity index (χ0n) is 6.64. The van der Waals surface area contributed by atoms with E-state index in [9.17, 15) is 0 Å². The van der Waals surface area contributed by atoms with Crippen molar-refractivity contribution in [1.29, 1.82) is 0 Å². The molecule has 0 heterocycles. The van der Waals surface area contributed by atoms with Gasteiger partial charge in [-0.2, -0.15) is 12.6 Å². The van der Waals surface area contributed by atoms with Gasteiger partial charge in [-0.1, -0.05) is 13.8 Å². The Hall–Kier alpha value is 0.527. The summed E-state index contributed by atoms with van der Waals surface area (Å²) in [5.74, 6) is 0. The van der Waals surface area contributed by atoms with Crippen LogP contribution in [0.5, 0.6) is 0 Å². The fourth-order valence-corrected chi connectivity index (χ4v) is 2.69. The van der Waals surface area contributed by atoms with Gasteiger partial charge in [0.05, 0.1) is 0 Å². The molecule has 0 aliphatic heterocycles. The van der Waals surface area contributed by atoms with Crippen LogP contribution in [0.1, 0.15) is 13.8 Å². The highest BCUT2D eigenvalue weighted by Crippen LogP contribution is 2.18. The van der Waals surface area contributed by atoms with Gasteiger partial charge in [-0.15, -0.1) is 0 Å². The summed E-state index contributed by atoms with van der Waals surface area (Å²) in [6, 6.07) is 1.15. The topological polar surface area (TPSA) is 9.23 Å². The zero-order chi connectivity index (χ0) is 7.49. The molecule has 0 aliphatic rings. The minimum absolute atomic E-state index is 0.437. The van der Waals surface area contributed by atoms with E-state index in [0.717, 1.165) is 6.04 Å². The summed E-state index contributed by atoms with van der Waals surface area (Å²) in [5, 5.41) is 0. The van der Waals surface area contributed by atoms with Gasteiger partial charge in [0, 0.05) is 12.0 Å². The lowest BCUT2D eigenvalue weighted by Crippen LogP contribution is -2.41. The van der Waals surface area contributed by atoms with Crippen molar-refractivity contribution in [3.63, 3.8) is 0 Å². The summed E-state index contributed by atoms with van der Waals surface area (Å²) in [5.41, 5.74) is 0. The molecule has 3 heteroatoms. The number of hydrogen-bond donors (Lipinski definition) is 1. The minimum Gasteiger partial charge on any atom is -0.419 e. The van der Waals surface area contributed by atoms with Crippen molar-refractivity contribution < 1.29 is 4.43 Å². The maximum Gasteiger partial charge on any atom is 0.201 e.